The van der Waals surface area contributed by atoms with E-state index >= 15 is 0 Å². The first-order valence-corrected chi connectivity index (χ1v) is 13.8. The van der Waals surface area contributed by atoms with Gasteiger partial charge in [0.1, 0.15) is 29.7 Å². The summed E-state index contributed by atoms with van der Waals surface area (Å²) >= 11 is 0. The van der Waals surface area contributed by atoms with E-state index in [2.05, 4.69) is 106 Å². The number of nitrogens with zero attached hydrogens (tertiary/aromatic N) is 4. The molecular weight excluding hydrogens is 507 g/mol. The Kier molecular flexibility index (Phi) is 4.66. The first-order chi connectivity index (χ1) is 20.3. The summed E-state index contributed by atoms with van der Waals surface area (Å²) in [6.07, 6.45) is 3.76. The Morgan fingerprint density at radius 2 is 1.20 bits per heavy atom. The van der Waals surface area contributed by atoms with Crippen molar-refractivity contribution in [3.8, 4) is 28.7 Å². The predicted molar refractivity (Wildman–Crippen MR) is 163 cm³/mol. The molecular formula is C34H23BN4O2. The van der Waals surface area contributed by atoms with Crippen LogP contribution in [0.4, 0.5) is 22.7 Å². The molecule has 6 aromatic rings. The molecule has 0 saturated carbocycles. The minimum atomic E-state index is -0.0350. The largest absolute Gasteiger partial charge is 0.458 e. The number of fused-ring (bicyclic) bond motifs is 5. The Morgan fingerprint density at radius 3 is 1.88 bits per heavy atom. The zero-order chi connectivity index (χ0) is 26.9. The molecule has 9 rings (SSSR count). The van der Waals surface area contributed by atoms with Crippen molar-refractivity contribution in [2.75, 3.05) is 16.5 Å². The predicted octanol–water partition coefficient (Wildman–Crippen LogP) is 5.85. The highest BCUT2D eigenvalue weighted by Gasteiger charge is 2.41. The minimum Gasteiger partial charge on any atom is -0.458 e. The van der Waals surface area contributed by atoms with Crippen LogP contribution in [0.5, 0.6) is 23.0 Å². The summed E-state index contributed by atoms with van der Waals surface area (Å²) < 4.78 is 14.8. The molecule has 0 saturated heterocycles. The first-order valence-electron chi connectivity index (χ1n) is 13.8. The van der Waals surface area contributed by atoms with E-state index in [-0.39, 0.29) is 6.71 Å². The molecule has 41 heavy (non-hydrogen) atoms. The van der Waals surface area contributed by atoms with Crippen LogP contribution in [0.15, 0.2) is 128 Å². The van der Waals surface area contributed by atoms with Crippen LogP contribution in [-0.4, -0.2) is 23.2 Å². The molecule has 0 aliphatic carbocycles. The van der Waals surface area contributed by atoms with E-state index in [0.29, 0.717) is 0 Å². The number of benzene rings is 5. The van der Waals surface area contributed by atoms with Crippen molar-refractivity contribution in [1.82, 2.24) is 9.78 Å². The zero-order valence-corrected chi connectivity index (χ0v) is 22.0. The van der Waals surface area contributed by atoms with Crippen LogP contribution in [0.3, 0.4) is 0 Å². The Bertz CT molecular complexity index is 1940. The summed E-state index contributed by atoms with van der Waals surface area (Å²) in [4.78, 5) is 4.74. The van der Waals surface area contributed by atoms with Crippen LogP contribution in [0.25, 0.3) is 5.69 Å². The van der Waals surface area contributed by atoms with Crippen LogP contribution in [0.2, 0.25) is 0 Å². The molecule has 1 aromatic heterocycles. The van der Waals surface area contributed by atoms with Gasteiger partial charge in [-0.05, 0) is 89.8 Å². The Balaban J connectivity index is 1.20. The fraction of sp³-hybridized carbons (Fsp3) is 0.0294. The lowest BCUT2D eigenvalue weighted by Crippen LogP contribution is -2.57. The van der Waals surface area contributed by atoms with E-state index in [1.54, 1.807) is 6.20 Å². The van der Waals surface area contributed by atoms with Gasteiger partial charge in [0.2, 0.25) is 0 Å². The highest BCUT2D eigenvalue weighted by Crippen LogP contribution is 2.44. The molecule has 0 amide bonds. The van der Waals surface area contributed by atoms with E-state index in [1.807, 2.05) is 35.1 Å². The first kappa shape index (κ1) is 22.4. The van der Waals surface area contributed by atoms with Gasteiger partial charge in [-0.15, -0.1) is 0 Å². The van der Waals surface area contributed by atoms with Crippen molar-refractivity contribution >= 4 is 45.9 Å². The number of ether oxygens (including phenoxy) is 2. The number of anilines is 4. The maximum Gasteiger partial charge on any atom is 0.260 e. The van der Waals surface area contributed by atoms with E-state index in [4.69, 9.17) is 9.47 Å². The van der Waals surface area contributed by atoms with E-state index in [1.165, 1.54) is 17.1 Å². The number of para-hydroxylation sites is 3. The monoisotopic (exact) mass is 530 g/mol. The molecule has 4 heterocycles. The molecule has 0 N–H and O–H groups in total. The highest BCUT2D eigenvalue weighted by molar-refractivity contribution is 6.98. The highest BCUT2D eigenvalue weighted by atomic mass is 16.5. The normalized spacial score (nSPS) is 14.0. The molecule has 194 valence electrons. The zero-order valence-electron chi connectivity index (χ0n) is 22.0. The lowest BCUT2D eigenvalue weighted by molar-refractivity contribution is 0.464. The summed E-state index contributed by atoms with van der Waals surface area (Å²) in [5.74, 6) is 3.40. The Labute approximate surface area is 237 Å². The van der Waals surface area contributed by atoms with E-state index in [9.17, 15) is 0 Å². The van der Waals surface area contributed by atoms with Gasteiger partial charge >= 0.3 is 0 Å². The molecule has 6 nitrogen and oxygen atoms in total. The summed E-state index contributed by atoms with van der Waals surface area (Å²) in [5.41, 5.74) is 8.96. The van der Waals surface area contributed by atoms with Gasteiger partial charge in [-0.2, -0.15) is 5.10 Å². The number of hydrogen-bond donors (Lipinski definition) is 0. The smallest absolute Gasteiger partial charge is 0.260 e. The van der Waals surface area contributed by atoms with Gasteiger partial charge in [0.25, 0.3) is 6.71 Å². The Hall–Kier alpha value is -5.43. The van der Waals surface area contributed by atoms with Crippen LogP contribution in [0.1, 0.15) is 0 Å². The molecule has 3 aliphatic rings. The van der Waals surface area contributed by atoms with Crippen molar-refractivity contribution in [1.29, 1.82) is 0 Å². The van der Waals surface area contributed by atoms with Crippen molar-refractivity contribution in [3.05, 3.63) is 128 Å². The molecule has 0 spiro atoms. The minimum absolute atomic E-state index is 0.0350. The van der Waals surface area contributed by atoms with Gasteiger partial charge in [0.05, 0.1) is 17.1 Å². The van der Waals surface area contributed by atoms with Crippen LogP contribution >= 0.6 is 0 Å². The van der Waals surface area contributed by atoms with Crippen molar-refractivity contribution in [3.63, 3.8) is 0 Å². The maximum atomic E-state index is 6.49. The molecule has 0 atom stereocenters. The molecule has 0 fully saturated rings. The molecule has 0 unspecified atom stereocenters. The van der Waals surface area contributed by atoms with Gasteiger partial charge in [-0.1, -0.05) is 36.4 Å². The third kappa shape index (κ3) is 3.35. The Morgan fingerprint density at radius 1 is 0.561 bits per heavy atom. The second-order valence-corrected chi connectivity index (χ2v) is 10.5. The summed E-state index contributed by atoms with van der Waals surface area (Å²) in [7, 11) is 0. The van der Waals surface area contributed by atoms with Gasteiger partial charge < -0.3 is 19.3 Å². The number of aromatic nitrogens is 2. The summed E-state index contributed by atoms with van der Waals surface area (Å²) in [6.45, 7) is 0.686. The van der Waals surface area contributed by atoms with Crippen LogP contribution in [-0.2, 0) is 0 Å². The average Bonchev–Trinajstić information content (AvgIpc) is 3.70. The summed E-state index contributed by atoms with van der Waals surface area (Å²) in [6, 6.07) is 40.0. The van der Waals surface area contributed by atoms with Gasteiger partial charge in [0, 0.05) is 29.2 Å². The number of rotatable bonds is 3. The number of hydrogen-bond acceptors (Lipinski definition) is 5. The third-order valence-corrected chi connectivity index (χ3v) is 8.26. The average molecular weight is 530 g/mol. The van der Waals surface area contributed by atoms with E-state index in [0.717, 1.165) is 57.4 Å². The van der Waals surface area contributed by atoms with Gasteiger partial charge in [0.15, 0.2) is 0 Å². The molecule has 7 heteroatoms. The van der Waals surface area contributed by atoms with Crippen molar-refractivity contribution in [2.45, 2.75) is 0 Å². The fourth-order valence-corrected chi connectivity index (χ4v) is 6.41. The van der Waals surface area contributed by atoms with Crippen molar-refractivity contribution < 1.29 is 9.47 Å². The maximum absolute atomic E-state index is 6.49. The molecule has 3 aliphatic heterocycles. The molecule has 0 radical (unpaired) electrons. The van der Waals surface area contributed by atoms with Crippen LogP contribution in [0, 0.1) is 0 Å². The van der Waals surface area contributed by atoms with Crippen molar-refractivity contribution in [2.24, 2.45) is 0 Å². The van der Waals surface area contributed by atoms with Gasteiger partial charge in [-0.3, -0.25) is 0 Å². The molecule has 0 bridgehead atoms. The molecule has 5 aromatic carbocycles. The standard InChI is InChI=1S/C34H23BN4O2/c1-2-8-23(9-3-1)37-22-38(29-11-5-4-10-28(29)37)24-14-16-30-26(20-24)35-27-21-25(39-19-7-18-36-39)15-17-31(27)41-33-13-6-12-32(40-30)34(33)35/h1-21H,22H2. The quantitative estimate of drug-likeness (QED) is 0.268. The summed E-state index contributed by atoms with van der Waals surface area (Å²) in [5, 5.41) is 4.47. The SMILES string of the molecule is c1ccc(N2CN(c3ccc4c(c3)B3c5cc(-n6cccn6)ccc5Oc5cccc(c53)O4)c3ccccc32)cc1. The van der Waals surface area contributed by atoms with Crippen LogP contribution < -0.4 is 35.7 Å². The van der Waals surface area contributed by atoms with Gasteiger partial charge in [-0.25, -0.2) is 4.68 Å². The second kappa shape index (κ2) is 8.54. The lowest BCUT2D eigenvalue weighted by atomic mass is 9.35. The topological polar surface area (TPSA) is 42.8 Å². The lowest BCUT2D eigenvalue weighted by Gasteiger charge is -2.33. The second-order valence-electron chi connectivity index (χ2n) is 10.5. The third-order valence-electron chi connectivity index (χ3n) is 8.26. The fourth-order valence-electron chi connectivity index (χ4n) is 6.41. The van der Waals surface area contributed by atoms with E-state index < -0.39 is 0 Å².